The van der Waals surface area contributed by atoms with Gasteiger partial charge >= 0.3 is 5.97 Å². The van der Waals surface area contributed by atoms with E-state index in [1.165, 1.54) is 22.5 Å². The Labute approximate surface area is 360 Å². The molecule has 320 valence electrons. The molecule has 0 fully saturated rings. The highest BCUT2D eigenvalue weighted by molar-refractivity contribution is 7.40. The van der Waals surface area contributed by atoms with Gasteiger partial charge < -0.3 is 9.47 Å². The summed E-state index contributed by atoms with van der Waals surface area (Å²) in [5, 5.41) is 0.277. The number of carbonyl (C=O) groups is 1. The number of rotatable bonds is 12. The molecule has 5 aromatic rings. The van der Waals surface area contributed by atoms with Crippen LogP contribution in [0.2, 0.25) is 0 Å². The molecule has 59 heavy (non-hydrogen) atoms. The SMILES string of the molecule is CC(C)OC(=O)c1cccc[n+]1C(C)C.CC(C)OC(C)(C)c1cccc[n+]1C(C)C.CC(C)PC(C)(C)c1cccc[n+]1C(C)C.c1ccc(-c2ccccc2)cc1. The summed E-state index contributed by atoms with van der Waals surface area (Å²) in [6.45, 7) is 34.4. The summed E-state index contributed by atoms with van der Waals surface area (Å²) in [7, 11) is 0.961. The summed E-state index contributed by atoms with van der Waals surface area (Å²) < 4.78 is 17.7. The Morgan fingerprint density at radius 1 is 0.492 bits per heavy atom. The molecule has 3 heterocycles. The van der Waals surface area contributed by atoms with Crippen molar-refractivity contribution in [1.82, 2.24) is 0 Å². The van der Waals surface area contributed by atoms with E-state index in [-0.39, 0.29) is 35.0 Å². The first kappa shape index (κ1) is 50.9. The van der Waals surface area contributed by atoms with Gasteiger partial charge in [0.05, 0.1) is 17.4 Å². The van der Waals surface area contributed by atoms with Gasteiger partial charge in [-0.15, -0.1) is 8.58 Å². The lowest BCUT2D eigenvalue weighted by atomic mass is 10.0. The predicted molar refractivity (Wildman–Crippen MR) is 249 cm³/mol. The Morgan fingerprint density at radius 2 is 0.881 bits per heavy atom. The van der Waals surface area contributed by atoms with Crippen LogP contribution in [0.1, 0.15) is 151 Å². The zero-order chi connectivity index (χ0) is 44.3. The van der Waals surface area contributed by atoms with Crippen molar-refractivity contribution in [3.63, 3.8) is 0 Å². The molecule has 0 amide bonds. The van der Waals surface area contributed by atoms with Gasteiger partial charge in [-0.3, -0.25) is 0 Å². The number of pyridine rings is 3. The topological polar surface area (TPSA) is 47.2 Å². The summed E-state index contributed by atoms with van der Waals surface area (Å²) in [6.07, 6.45) is 6.36. The maximum Gasteiger partial charge on any atom is 0.403 e. The molecule has 0 N–H and O–H groups in total. The van der Waals surface area contributed by atoms with E-state index in [1.807, 2.05) is 62.7 Å². The van der Waals surface area contributed by atoms with Crippen LogP contribution in [-0.2, 0) is 20.2 Å². The third-order valence-electron chi connectivity index (χ3n) is 9.21. The highest BCUT2D eigenvalue weighted by atomic mass is 31.1. The molecule has 0 spiro atoms. The van der Waals surface area contributed by atoms with Gasteiger partial charge in [-0.2, -0.15) is 13.7 Å². The zero-order valence-electron chi connectivity index (χ0n) is 39.2. The van der Waals surface area contributed by atoms with E-state index >= 15 is 0 Å². The summed E-state index contributed by atoms with van der Waals surface area (Å²) >= 11 is 0. The molecular weight excluding hydrogens is 746 g/mol. The van der Waals surface area contributed by atoms with Crippen molar-refractivity contribution >= 4 is 14.6 Å². The smallest absolute Gasteiger partial charge is 0.403 e. The number of benzene rings is 2. The van der Waals surface area contributed by atoms with Gasteiger partial charge in [-0.1, -0.05) is 80.6 Å². The Kier molecular flexibility index (Phi) is 21.3. The first-order valence-corrected chi connectivity index (χ1v) is 22.5. The van der Waals surface area contributed by atoms with Crippen LogP contribution in [0.4, 0.5) is 0 Å². The molecule has 0 saturated heterocycles. The molecule has 7 heteroatoms. The summed E-state index contributed by atoms with van der Waals surface area (Å²) in [4.78, 5) is 11.7. The fourth-order valence-corrected chi connectivity index (χ4v) is 8.72. The van der Waals surface area contributed by atoms with Crippen molar-refractivity contribution < 1.29 is 28.0 Å². The average Bonchev–Trinajstić information content (AvgIpc) is 3.18. The predicted octanol–water partition coefficient (Wildman–Crippen LogP) is 12.6. The third-order valence-corrected chi connectivity index (χ3v) is 10.8. The molecule has 0 aliphatic heterocycles. The second kappa shape index (κ2) is 24.7. The van der Waals surface area contributed by atoms with Gasteiger partial charge in [0, 0.05) is 36.4 Å². The molecule has 0 saturated carbocycles. The van der Waals surface area contributed by atoms with Gasteiger partial charge in [-0.25, -0.2) is 4.79 Å². The van der Waals surface area contributed by atoms with Crippen molar-refractivity contribution in [2.75, 3.05) is 0 Å². The van der Waals surface area contributed by atoms with E-state index in [4.69, 9.17) is 9.47 Å². The molecule has 0 aliphatic carbocycles. The van der Waals surface area contributed by atoms with Crippen LogP contribution in [0.3, 0.4) is 0 Å². The van der Waals surface area contributed by atoms with Crippen LogP contribution in [0.15, 0.2) is 134 Å². The van der Waals surface area contributed by atoms with E-state index in [1.54, 1.807) is 6.07 Å². The molecule has 2 aromatic carbocycles. The molecule has 6 nitrogen and oxygen atoms in total. The summed E-state index contributed by atoms with van der Waals surface area (Å²) in [6, 6.07) is 40.4. The lowest BCUT2D eigenvalue weighted by Crippen LogP contribution is -2.46. The van der Waals surface area contributed by atoms with Gasteiger partial charge in [0.2, 0.25) is 5.69 Å². The fraction of sp³-hybridized carbons (Fsp3) is 0.462. The van der Waals surface area contributed by atoms with Crippen molar-refractivity contribution in [3.05, 3.63) is 151 Å². The van der Waals surface area contributed by atoms with Crippen molar-refractivity contribution in [1.29, 1.82) is 0 Å². The molecule has 3 aromatic heterocycles. The lowest BCUT2D eigenvalue weighted by Gasteiger charge is -2.26. The van der Waals surface area contributed by atoms with Gasteiger partial charge in [-0.05, 0) is 126 Å². The standard InChI is InChI=1S/C14H24NO.C14H25NP.C12H18NO2.C12H10/c2*1-11(2)15-10-8-7-9-13(15)14(5,6)16-12(3)4;1-9(2)13-8-6-5-7-11(13)12(14)15-10(3)4;1-3-7-11(8-4-1)12-9-5-2-6-10-12/h7-12H,1-6H3;7-12,16H,1-6H3;5-10H,1-4H3;1-10H/q3*+1;. The molecular formula is C52H77N3O3P+3. The van der Waals surface area contributed by atoms with E-state index in [0.717, 1.165) is 14.2 Å². The Morgan fingerprint density at radius 3 is 1.29 bits per heavy atom. The molecule has 5 rings (SSSR count). The van der Waals surface area contributed by atoms with Gasteiger partial charge in [0.1, 0.15) is 5.60 Å². The molecule has 0 bridgehead atoms. The molecule has 1 unspecified atom stereocenters. The van der Waals surface area contributed by atoms with Crippen LogP contribution in [0.5, 0.6) is 0 Å². The quantitative estimate of drug-likeness (QED) is 0.0715. The minimum Gasteiger partial charge on any atom is -0.455 e. The molecule has 0 radical (unpaired) electrons. The highest BCUT2D eigenvalue weighted by Crippen LogP contribution is 2.42. The Balaban J connectivity index is 0.000000272. The fourth-order valence-electron chi connectivity index (χ4n) is 6.91. The molecule has 0 aliphatic rings. The second-order valence-corrected chi connectivity index (χ2v) is 20.2. The Hall–Kier alpha value is -4.25. The third kappa shape index (κ3) is 17.5. The van der Waals surface area contributed by atoms with E-state index in [9.17, 15) is 4.79 Å². The van der Waals surface area contributed by atoms with Crippen molar-refractivity contribution in [3.8, 4) is 11.1 Å². The highest BCUT2D eigenvalue weighted by Gasteiger charge is 2.33. The number of carbonyl (C=O) groups excluding carboxylic acids is 1. The monoisotopic (exact) mass is 823 g/mol. The average molecular weight is 823 g/mol. The number of aromatic nitrogens is 3. The van der Waals surface area contributed by atoms with Gasteiger partial charge in [0.25, 0.3) is 5.69 Å². The van der Waals surface area contributed by atoms with Crippen LogP contribution >= 0.6 is 8.58 Å². The number of hydrogen-bond donors (Lipinski definition) is 0. The van der Waals surface area contributed by atoms with Crippen LogP contribution < -0.4 is 13.7 Å². The maximum atomic E-state index is 11.7. The first-order valence-electron chi connectivity index (χ1n) is 21.5. The van der Waals surface area contributed by atoms with E-state index < -0.39 is 0 Å². The largest absolute Gasteiger partial charge is 0.455 e. The van der Waals surface area contributed by atoms with Crippen LogP contribution in [0.25, 0.3) is 11.1 Å². The summed E-state index contributed by atoms with van der Waals surface area (Å²) in [5.74, 6) is -0.265. The second-order valence-electron chi connectivity index (χ2n) is 17.5. The normalized spacial score (nSPS) is 11.7. The number of nitrogens with zero attached hydrogens (tertiary/aromatic N) is 3. The van der Waals surface area contributed by atoms with E-state index in [2.05, 4.69) is 190 Å². The minimum atomic E-state index is -0.265. The lowest BCUT2D eigenvalue weighted by molar-refractivity contribution is -0.729. The summed E-state index contributed by atoms with van der Waals surface area (Å²) in [5.41, 5.74) is 6.34. The van der Waals surface area contributed by atoms with E-state index in [0.29, 0.717) is 17.8 Å². The minimum absolute atomic E-state index is 0.0849. The maximum absolute atomic E-state index is 11.7. The van der Waals surface area contributed by atoms with Gasteiger partial charge in [0.15, 0.2) is 42.4 Å². The van der Waals surface area contributed by atoms with Crippen molar-refractivity contribution in [2.24, 2.45) is 0 Å². The zero-order valence-corrected chi connectivity index (χ0v) is 40.2. The number of ether oxygens (including phenoxy) is 2. The van der Waals surface area contributed by atoms with Crippen LogP contribution in [-0.4, -0.2) is 23.8 Å². The Bertz CT molecular complexity index is 1830. The number of esters is 1. The van der Waals surface area contributed by atoms with Crippen molar-refractivity contribution in [2.45, 2.75) is 158 Å². The number of hydrogen-bond acceptors (Lipinski definition) is 3. The van der Waals surface area contributed by atoms with Crippen LogP contribution in [0, 0.1) is 0 Å². The first-order chi connectivity index (χ1) is 27.7. The molecule has 1 atom stereocenters.